The summed E-state index contributed by atoms with van der Waals surface area (Å²) in [6.07, 6.45) is 0.609. The number of hydrogen-bond acceptors (Lipinski definition) is 4. The van der Waals surface area contributed by atoms with Gasteiger partial charge in [-0.05, 0) is 73.5 Å². The fourth-order valence-electron chi connectivity index (χ4n) is 3.72. The van der Waals surface area contributed by atoms with E-state index >= 15 is 0 Å². The van der Waals surface area contributed by atoms with Crippen molar-refractivity contribution in [3.63, 3.8) is 0 Å². The van der Waals surface area contributed by atoms with Crippen LogP contribution in [0.25, 0.3) is 11.8 Å². The summed E-state index contributed by atoms with van der Waals surface area (Å²) in [6, 6.07) is 17.5. The second-order valence-corrected chi connectivity index (χ2v) is 9.13. The smallest absolute Gasteiger partial charge is 0.489 e. The van der Waals surface area contributed by atoms with Gasteiger partial charge >= 0.3 is 12.1 Å². The second-order valence-electron chi connectivity index (χ2n) is 8.70. The summed E-state index contributed by atoms with van der Waals surface area (Å²) in [7, 11) is 4.15. The Kier molecular flexibility index (Phi) is 9.18. The summed E-state index contributed by atoms with van der Waals surface area (Å²) in [5.41, 5.74) is 5.78. The molecule has 0 unspecified atom stereocenters. The van der Waals surface area contributed by atoms with Gasteiger partial charge in [-0.15, -0.1) is 0 Å². The fraction of sp³-hybridized carbons (Fsp3) is 0.259. The quantitative estimate of drug-likeness (QED) is 0.438. The van der Waals surface area contributed by atoms with Gasteiger partial charge in [0.05, 0.1) is 0 Å². The molecule has 1 heterocycles. The molecule has 1 aliphatic carbocycles. The molecule has 10 heteroatoms. The van der Waals surface area contributed by atoms with E-state index in [1.807, 2.05) is 30.3 Å². The Morgan fingerprint density at radius 3 is 2.30 bits per heavy atom. The third-order valence-electron chi connectivity index (χ3n) is 5.44. The van der Waals surface area contributed by atoms with Gasteiger partial charge in [0, 0.05) is 29.5 Å². The molecule has 0 saturated heterocycles. The number of aromatic nitrogens is 1. The largest absolute Gasteiger partial charge is 0.490 e. The SMILES string of the molecule is CN(C)Cc1ccc2c(c1)CCC(n1ccc(OCc3ccc(Cl)cc3)cc1=O)=C2.O=C(O)C(F)(F)F. The molecule has 37 heavy (non-hydrogen) atoms. The van der Waals surface area contributed by atoms with Crippen LogP contribution in [0.5, 0.6) is 5.75 Å². The normalized spacial score (nSPS) is 12.8. The highest BCUT2D eigenvalue weighted by Crippen LogP contribution is 2.27. The van der Waals surface area contributed by atoms with Crippen molar-refractivity contribution < 1.29 is 27.8 Å². The molecule has 3 aromatic rings. The van der Waals surface area contributed by atoms with E-state index in [1.165, 1.54) is 16.7 Å². The van der Waals surface area contributed by atoms with Gasteiger partial charge in [0.2, 0.25) is 0 Å². The Morgan fingerprint density at radius 2 is 1.70 bits per heavy atom. The molecule has 0 atom stereocenters. The lowest BCUT2D eigenvalue weighted by Gasteiger charge is -2.20. The van der Waals surface area contributed by atoms with Gasteiger partial charge in [0.1, 0.15) is 12.4 Å². The Balaban J connectivity index is 0.000000479. The zero-order chi connectivity index (χ0) is 27.2. The van der Waals surface area contributed by atoms with E-state index in [9.17, 15) is 18.0 Å². The molecular weight excluding hydrogens is 509 g/mol. The van der Waals surface area contributed by atoms with Gasteiger partial charge < -0.3 is 14.7 Å². The number of hydrogen-bond donors (Lipinski definition) is 1. The van der Waals surface area contributed by atoms with Crippen molar-refractivity contribution in [2.75, 3.05) is 14.1 Å². The lowest BCUT2D eigenvalue weighted by molar-refractivity contribution is -0.192. The molecule has 0 amide bonds. The lowest BCUT2D eigenvalue weighted by Crippen LogP contribution is -2.21. The van der Waals surface area contributed by atoms with Crippen LogP contribution < -0.4 is 10.3 Å². The predicted molar refractivity (Wildman–Crippen MR) is 136 cm³/mol. The number of carbonyl (C=O) groups is 1. The van der Waals surface area contributed by atoms with E-state index in [1.54, 1.807) is 16.8 Å². The number of rotatable bonds is 6. The molecule has 0 bridgehead atoms. The first-order valence-corrected chi connectivity index (χ1v) is 11.7. The Labute approximate surface area is 217 Å². The third kappa shape index (κ3) is 8.23. The number of allylic oxidation sites excluding steroid dienone is 1. The summed E-state index contributed by atoms with van der Waals surface area (Å²) < 4.78 is 39.2. The van der Waals surface area contributed by atoms with Gasteiger partial charge in [-0.1, -0.05) is 41.9 Å². The molecule has 0 saturated carbocycles. The highest BCUT2D eigenvalue weighted by Gasteiger charge is 2.38. The standard InChI is InChI=1S/C25H25ClN2O2.C2HF3O2/c1-27(2)16-19-3-6-21-14-23(10-7-20(21)13-19)28-12-11-24(15-25(28)29)30-17-18-4-8-22(26)9-5-18;3-2(4,5)1(6)7/h3-6,8-9,11-15H,7,10,16-17H2,1-2H3;(H,6,7). The number of pyridine rings is 1. The van der Waals surface area contributed by atoms with Crippen LogP contribution in [0.15, 0.2) is 65.6 Å². The molecule has 2 aromatic carbocycles. The number of nitrogens with zero attached hydrogens (tertiary/aromatic N) is 2. The average molecular weight is 535 g/mol. The van der Waals surface area contributed by atoms with Crippen molar-refractivity contribution in [2.24, 2.45) is 0 Å². The molecule has 0 radical (unpaired) electrons. The summed E-state index contributed by atoms with van der Waals surface area (Å²) in [4.78, 5) is 23.8. The van der Waals surface area contributed by atoms with Crippen LogP contribution in [0.4, 0.5) is 13.2 Å². The molecule has 1 aromatic heterocycles. The number of fused-ring (bicyclic) bond motifs is 1. The van der Waals surface area contributed by atoms with Crippen molar-refractivity contribution in [1.29, 1.82) is 0 Å². The zero-order valence-electron chi connectivity index (χ0n) is 20.3. The van der Waals surface area contributed by atoms with Crippen molar-refractivity contribution >= 4 is 29.3 Å². The minimum absolute atomic E-state index is 0.0810. The van der Waals surface area contributed by atoms with Crippen LogP contribution >= 0.6 is 11.6 Å². The minimum atomic E-state index is -5.08. The van der Waals surface area contributed by atoms with E-state index < -0.39 is 12.1 Å². The van der Waals surface area contributed by atoms with Crippen LogP contribution in [-0.2, 0) is 24.4 Å². The topological polar surface area (TPSA) is 71.8 Å². The molecule has 4 rings (SSSR count). The molecule has 1 aliphatic rings. The fourth-order valence-corrected chi connectivity index (χ4v) is 3.85. The number of carboxylic acid groups (broad SMARTS) is 1. The van der Waals surface area contributed by atoms with E-state index in [2.05, 4.69) is 43.3 Å². The van der Waals surface area contributed by atoms with Gasteiger partial charge in [0.15, 0.2) is 0 Å². The molecular formula is C27H26ClF3N2O4. The van der Waals surface area contributed by atoms with Crippen molar-refractivity contribution in [2.45, 2.75) is 32.2 Å². The number of ether oxygens (including phenoxy) is 1. The molecule has 0 spiro atoms. The second kappa shape index (κ2) is 12.1. The molecule has 196 valence electrons. The molecule has 6 nitrogen and oxygen atoms in total. The predicted octanol–water partition coefficient (Wildman–Crippen LogP) is 5.72. The number of alkyl halides is 3. The number of benzene rings is 2. The lowest BCUT2D eigenvalue weighted by atomic mass is 9.93. The first-order chi connectivity index (χ1) is 17.4. The number of aryl methyl sites for hydroxylation is 1. The van der Waals surface area contributed by atoms with Crippen LogP contribution in [0.1, 0.15) is 28.7 Å². The maximum Gasteiger partial charge on any atom is 0.490 e. The third-order valence-corrected chi connectivity index (χ3v) is 5.69. The first-order valence-electron chi connectivity index (χ1n) is 11.3. The molecule has 0 fully saturated rings. The number of aliphatic carboxylic acids is 1. The van der Waals surface area contributed by atoms with Crippen LogP contribution in [-0.4, -0.2) is 40.8 Å². The maximum atomic E-state index is 12.7. The Hall–Kier alpha value is -3.56. The average Bonchev–Trinajstić information content (AvgIpc) is 2.83. The van der Waals surface area contributed by atoms with Gasteiger partial charge in [-0.25, -0.2) is 4.79 Å². The summed E-state index contributed by atoms with van der Waals surface area (Å²) in [6.45, 7) is 1.33. The monoisotopic (exact) mass is 534 g/mol. The van der Waals surface area contributed by atoms with Gasteiger partial charge in [-0.2, -0.15) is 13.2 Å². The molecule has 0 aliphatic heterocycles. The van der Waals surface area contributed by atoms with Crippen LogP contribution in [0.2, 0.25) is 5.02 Å². The summed E-state index contributed by atoms with van der Waals surface area (Å²) >= 11 is 5.91. The van der Waals surface area contributed by atoms with E-state index in [0.717, 1.165) is 30.6 Å². The van der Waals surface area contributed by atoms with Crippen molar-refractivity contribution in [1.82, 2.24) is 9.47 Å². The van der Waals surface area contributed by atoms with E-state index in [-0.39, 0.29) is 5.56 Å². The zero-order valence-corrected chi connectivity index (χ0v) is 21.0. The highest BCUT2D eigenvalue weighted by atomic mass is 35.5. The molecule has 1 N–H and O–H groups in total. The Morgan fingerprint density at radius 1 is 1.05 bits per heavy atom. The minimum Gasteiger partial charge on any atom is -0.489 e. The highest BCUT2D eigenvalue weighted by molar-refractivity contribution is 6.30. The van der Waals surface area contributed by atoms with E-state index in [4.69, 9.17) is 26.2 Å². The van der Waals surface area contributed by atoms with E-state index in [0.29, 0.717) is 17.4 Å². The van der Waals surface area contributed by atoms with Crippen molar-refractivity contribution in [3.8, 4) is 5.75 Å². The van der Waals surface area contributed by atoms with Gasteiger partial charge in [-0.3, -0.25) is 9.36 Å². The summed E-state index contributed by atoms with van der Waals surface area (Å²) in [5.74, 6) is -2.19. The maximum absolute atomic E-state index is 12.7. The number of carboxylic acids is 1. The van der Waals surface area contributed by atoms with Crippen LogP contribution in [0.3, 0.4) is 0 Å². The van der Waals surface area contributed by atoms with Crippen molar-refractivity contribution in [3.05, 3.63) is 98.4 Å². The summed E-state index contributed by atoms with van der Waals surface area (Å²) in [5, 5.41) is 7.82. The van der Waals surface area contributed by atoms with Gasteiger partial charge in [0.25, 0.3) is 5.56 Å². The van der Waals surface area contributed by atoms with Crippen LogP contribution in [0, 0.1) is 0 Å². The first kappa shape index (κ1) is 28.0. The number of halogens is 4. The Bertz CT molecular complexity index is 1330.